The Morgan fingerprint density at radius 1 is 1.25 bits per heavy atom. The summed E-state index contributed by atoms with van der Waals surface area (Å²) in [5.41, 5.74) is 0.315. The molecule has 0 fully saturated rings. The predicted octanol–water partition coefficient (Wildman–Crippen LogP) is 2.99. The van der Waals surface area contributed by atoms with Gasteiger partial charge in [-0.2, -0.15) is 0 Å². The van der Waals surface area contributed by atoms with Gasteiger partial charge in [0.25, 0.3) is 5.91 Å². The minimum absolute atomic E-state index is 0.0384. The molecule has 3 rings (SSSR count). The van der Waals surface area contributed by atoms with E-state index >= 15 is 0 Å². The molecule has 1 aromatic carbocycles. The number of rotatable bonds is 6. The molecule has 0 spiro atoms. The molecule has 2 aromatic heterocycles. The van der Waals surface area contributed by atoms with Gasteiger partial charge in [-0.25, -0.2) is 0 Å². The fraction of sp³-hybridized carbons (Fsp3) is 0.188. The van der Waals surface area contributed by atoms with E-state index in [0.29, 0.717) is 29.4 Å². The second-order valence-corrected chi connectivity index (χ2v) is 5.81. The van der Waals surface area contributed by atoms with E-state index in [2.05, 4.69) is 15.5 Å². The minimum Gasteiger partial charge on any atom is -0.497 e. The number of thiophene rings is 1. The van der Waals surface area contributed by atoms with Crippen LogP contribution >= 0.6 is 11.3 Å². The molecular formula is C16H15N3O4S. The van der Waals surface area contributed by atoms with Crippen LogP contribution in [0.2, 0.25) is 0 Å². The van der Waals surface area contributed by atoms with Crippen molar-refractivity contribution < 1.29 is 18.7 Å². The second-order valence-electron chi connectivity index (χ2n) is 4.78. The Balaban J connectivity index is 1.74. The Morgan fingerprint density at radius 2 is 2.12 bits per heavy atom. The Morgan fingerprint density at radius 3 is 2.83 bits per heavy atom. The lowest BCUT2D eigenvalue weighted by atomic mass is 10.1. The number of nitrogens with zero attached hydrogens (tertiary/aromatic N) is 2. The topological polar surface area (TPSA) is 86.5 Å². The van der Waals surface area contributed by atoms with Crippen molar-refractivity contribution in [3.8, 4) is 11.5 Å². The lowest BCUT2D eigenvalue weighted by Crippen LogP contribution is -2.13. The van der Waals surface area contributed by atoms with Crippen LogP contribution in [0.25, 0.3) is 0 Å². The zero-order valence-corrected chi connectivity index (χ0v) is 13.9. The van der Waals surface area contributed by atoms with Crippen LogP contribution in [0.4, 0.5) is 6.01 Å². The average molecular weight is 345 g/mol. The number of amides is 1. The van der Waals surface area contributed by atoms with E-state index in [0.717, 1.165) is 4.88 Å². The number of anilines is 1. The van der Waals surface area contributed by atoms with Crippen LogP contribution in [0.3, 0.4) is 0 Å². The van der Waals surface area contributed by atoms with Gasteiger partial charge in [-0.15, -0.1) is 16.4 Å². The first-order valence-corrected chi connectivity index (χ1v) is 7.95. The number of methoxy groups -OCH3 is 2. The van der Waals surface area contributed by atoms with Gasteiger partial charge in [0.1, 0.15) is 11.5 Å². The van der Waals surface area contributed by atoms with Gasteiger partial charge in [-0.05, 0) is 29.6 Å². The Bertz CT molecular complexity index is 830. The molecule has 24 heavy (non-hydrogen) atoms. The summed E-state index contributed by atoms with van der Waals surface area (Å²) in [6.45, 7) is 0. The third-order valence-electron chi connectivity index (χ3n) is 3.24. The summed E-state index contributed by atoms with van der Waals surface area (Å²) in [6.07, 6.45) is 0.531. The molecule has 1 amide bonds. The average Bonchev–Trinajstić information content (AvgIpc) is 3.26. The highest BCUT2D eigenvalue weighted by molar-refractivity contribution is 7.09. The fourth-order valence-electron chi connectivity index (χ4n) is 2.09. The van der Waals surface area contributed by atoms with Crippen molar-refractivity contribution in [1.82, 2.24) is 10.2 Å². The van der Waals surface area contributed by atoms with Gasteiger partial charge in [0.2, 0.25) is 5.89 Å². The van der Waals surface area contributed by atoms with Gasteiger partial charge in [0.05, 0.1) is 26.2 Å². The zero-order chi connectivity index (χ0) is 16.9. The van der Waals surface area contributed by atoms with Crippen molar-refractivity contribution in [2.45, 2.75) is 6.42 Å². The molecule has 3 aromatic rings. The Kier molecular flexibility index (Phi) is 4.76. The minimum atomic E-state index is -0.419. The first kappa shape index (κ1) is 16.0. The molecule has 8 heteroatoms. The molecule has 0 saturated heterocycles. The highest BCUT2D eigenvalue weighted by Crippen LogP contribution is 2.25. The maximum atomic E-state index is 12.4. The fourth-order valence-corrected chi connectivity index (χ4v) is 2.79. The lowest BCUT2D eigenvalue weighted by molar-refractivity contribution is 0.102. The second kappa shape index (κ2) is 7.14. The summed E-state index contributed by atoms with van der Waals surface area (Å²) in [7, 11) is 3.02. The number of carbonyl (C=O) groups excluding carboxylic acids is 1. The number of carbonyl (C=O) groups is 1. The summed E-state index contributed by atoms with van der Waals surface area (Å²) >= 11 is 1.60. The molecular weight excluding hydrogens is 330 g/mol. The first-order valence-electron chi connectivity index (χ1n) is 7.07. The molecule has 0 unspecified atom stereocenters. The number of ether oxygens (including phenoxy) is 2. The molecule has 0 aliphatic carbocycles. The summed E-state index contributed by atoms with van der Waals surface area (Å²) < 4.78 is 15.8. The van der Waals surface area contributed by atoms with Crippen LogP contribution in [0, 0.1) is 0 Å². The van der Waals surface area contributed by atoms with E-state index in [4.69, 9.17) is 13.9 Å². The molecule has 0 aliphatic rings. The van der Waals surface area contributed by atoms with E-state index in [9.17, 15) is 4.79 Å². The smallest absolute Gasteiger partial charge is 0.322 e. The SMILES string of the molecule is COc1ccc(OC)c(C(=O)Nc2nnc(Cc3cccs3)o2)c1. The molecule has 1 N–H and O–H groups in total. The Hall–Kier alpha value is -2.87. The summed E-state index contributed by atoms with van der Waals surface area (Å²) in [6, 6.07) is 8.92. The van der Waals surface area contributed by atoms with Gasteiger partial charge in [0, 0.05) is 4.88 Å². The van der Waals surface area contributed by atoms with Crippen LogP contribution in [0.15, 0.2) is 40.1 Å². The quantitative estimate of drug-likeness (QED) is 0.739. The predicted molar refractivity (Wildman–Crippen MR) is 88.9 cm³/mol. The molecule has 0 atom stereocenters. The summed E-state index contributed by atoms with van der Waals surface area (Å²) in [5, 5.41) is 12.3. The highest BCUT2D eigenvalue weighted by atomic mass is 32.1. The van der Waals surface area contributed by atoms with Crippen molar-refractivity contribution in [1.29, 1.82) is 0 Å². The van der Waals surface area contributed by atoms with Crippen molar-refractivity contribution >= 4 is 23.3 Å². The number of hydrogen-bond donors (Lipinski definition) is 1. The molecule has 0 saturated carbocycles. The standard InChI is InChI=1S/C16H15N3O4S/c1-21-10-5-6-13(22-2)12(8-10)15(20)17-16-19-18-14(23-16)9-11-4-3-7-24-11/h3-8H,9H2,1-2H3,(H,17,19,20). The molecule has 2 heterocycles. The van der Waals surface area contributed by atoms with E-state index in [1.54, 1.807) is 29.5 Å². The lowest BCUT2D eigenvalue weighted by Gasteiger charge is -2.09. The Labute approximate surface area is 142 Å². The number of benzene rings is 1. The van der Waals surface area contributed by atoms with Crippen LogP contribution in [0.1, 0.15) is 21.1 Å². The van der Waals surface area contributed by atoms with Crippen LogP contribution in [-0.4, -0.2) is 30.3 Å². The summed E-state index contributed by atoms with van der Waals surface area (Å²) in [4.78, 5) is 13.5. The molecule has 7 nitrogen and oxygen atoms in total. The van der Waals surface area contributed by atoms with E-state index in [1.165, 1.54) is 14.2 Å². The third kappa shape index (κ3) is 3.54. The maximum Gasteiger partial charge on any atom is 0.322 e. The molecule has 0 radical (unpaired) electrons. The highest BCUT2D eigenvalue weighted by Gasteiger charge is 2.17. The van der Waals surface area contributed by atoms with E-state index < -0.39 is 5.91 Å². The largest absolute Gasteiger partial charge is 0.497 e. The van der Waals surface area contributed by atoms with E-state index in [-0.39, 0.29) is 6.01 Å². The van der Waals surface area contributed by atoms with Gasteiger partial charge < -0.3 is 13.9 Å². The van der Waals surface area contributed by atoms with Gasteiger partial charge >= 0.3 is 6.01 Å². The van der Waals surface area contributed by atoms with Crippen LogP contribution in [-0.2, 0) is 6.42 Å². The zero-order valence-electron chi connectivity index (χ0n) is 13.1. The van der Waals surface area contributed by atoms with Crippen LogP contribution < -0.4 is 14.8 Å². The normalized spacial score (nSPS) is 10.4. The summed E-state index contributed by atoms with van der Waals surface area (Å²) in [5.74, 6) is 0.985. The number of nitrogens with one attached hydrogen (secondary N) is 1. The van der Waals surface area contributed by atoms with Gasteiger partial charge in [0.15, 0.2) is 0 Å². The van der Waals surface area contributed by atoms with Crippen molar-refractivity contribution in [2.75, 3.05) is 19.5 Å². The van der Waals surface area contributed by atoms with Crippen molar-refractivity contribution in [2.24, 2.45) is 0 Å². The monoisotopic (exact) mass is 345 g/mol. The van der Waals surface area contributed by atoms with Crippen molar-refractivity contribution in [3.63, 3.8) is 0 Å². The number of aromatic nitrogens is 2. The van der Waals surface area contributed by atoms with E-state index in [1.807, 2.05) is 17.5 Å². The molecule has 0 bridgehead atoms. The third-order valence-corrected chi connectivity index (χ3v) is 4.12. The molecule has 0 aliphatic heterocycles. The van der Waals surface area contributed by atoms with Gasteiger partial charge in [-0.1, -0.05) is 11.2 Å². The van der Waals surface area contributed by atoms with Crippen LogP contribution in [0.5, 0.6) is 11.5 Å². The maximum absolute atomic E-state index is 12.4. The van der Waals surface area contributed by atoms with Gasteiger partial charge in [-0.3, -0.25) is 10.1 Å². The molecule has 124 valence electrons. The first-order chi connectivity index (χ1) is 11.7. The van der Waals surface area contributed by atoms with Crippen molar-refractivity contribution in [3.05, 3.63) is 52.0 Å². The number of hydrogen-bond acceptors (Lipinski definition) is 7.